The second-order valence-corrected chi connectivity index (χ2v) is 5.86. The Labute approximate surface area is 145 Å². The maximum absolute atomic E-state index is 13.6. The van der Waals surface area contributed by atoms with Crippen molar-refractivity contribution in [3.63, 3.8) is 0 Å². The van der Waals surface area contributed by atoms with Crippen molar-refractivity contribution in [2.75, 3.05) is 0 Å². The van der Waals surface area contributed by atoms with Crippen molar-refractivity contribution in [3.05, 3.63) is 63.9 Å². The van der Waals surface area contributed by atoms with Crippen LogP contribution < -0.4 is 10.2 Å². The third-order valence-electron chi connectivity index (χ3n) is 3.25. The fourth-order valence-electron chi connectivity index (χ4n) is 2.14. The van der Waals surface area contributed by atoms with E-state index < -0.39 is 17.8 Å². The minimum Gasteiger partial charge on any atom is -0.481 e. The number of carbonyl (C=O) groups excluding carboxylic acids is 1. The summed E-state index contributed by atoms with van der Waals surface area (Å²) >= 11 is 5.88. The summed E-state index contributed by atoms with van der Waals surface area (Å²) in [4.78, 5) is 12.0. The summed E-state index contributed by atoms with van der Waals surface area (Å²) in [5, 5.41) is 3.95. The van der Waals surface area contributed by atoms with Crippen molar-refractivity contribution in [1.29, 1.82) is 0 Å². The summed E-state index contributed by atoms with van der Waals surface area (Å²) in [6.07, 6.45) is 0.415. The van der Waals surface area contributed by atoms with Crippen LogP contribution in [0.3, 0.4) is 0 Å². The predicted molar refractivity (Wildman–Crippen MR) is 93.2 cm³/mol. The van der Waals surface area contributed by atoms with Gasteiger partial charge in [0.25, 0.3) is 5.91 Å². The van der Waals surface area contributed by atoms with E-state index >= 15 is 0 Å². The molecule has 0 aliphatic carbocycles. The van der Waals surface area contributed by atoms with Crippen LogP contribution in [0, 0.1) is 19.7 Å². The van der Waals surface area contributed by atoms with Crippen LogP contribution in [0.5, 0.6) is 5.75 Å². The van der Waals surface area contributed by atoms with E-state index in [0.29, 0.717) is 5.75 Å². The number of hydrazone groups is 1. The highest BCUT2D eigenvalue weighted by molar-refractivity contribution is 6.33. The van der Waals surface area contributed by atoms with Gasteiger partial charge >= 0.3 is 0 Å². The highest BCUT2D eigenvalue weighted by Crippen LogP contribution is 2.18. The lowest BCUT2D eigenvalue weighted by Gasteiger charge is -2.14. The Hall–Kier alpha value is -2.40. The number of hydrogen-bond donors (Lipinski definition) is 1. The van der Waals surface area contributed by atoms with Crippen molar-refractivity contribution >= 4 is 23.7 Å². The van der Waals surface area contributed by atoms with Gasteiger partial charge in [-0.05, 0) is 56.2 Å². The summed E-state index contributed by atoms with van der Waals surface area (Å²) < 4.78 is 19.2. The smallest absolute Gasteiger partial charge is 0.280 e. The van der Waals surface area contributed by atoms with E-state index in [4.69, 9.17) is 16.3 Å². The Morgan fingerprint density at radius 3 is 2.58 bits per heavy atom. The lowest BCUT2D eigenvalue weighted by Crippen LogP contribution is -2.33. The Bertz CT molecular complexity index is 737. The first-order chi connectivity index (χ1) is 11.4. The molecule has 0 aromatic heterocycles. The molecule has 1 unspecified atom stereocenters. The van der Waals surface area contributed by atoms with Gasteiger partial charge in [0.15, 0.2) is 6.10 Å². The molecule has 0 aliphatic heterocycles. The van der Waals surface area contributed by atoms with Gasteiger partial charge in [-0.25, -0.2) is 9.82 Å². The first-order valence-electron chi connectivity index (χ1n) is 7.38. The first kappa shape index (κ1) is 17.9. The molecule has 0 fully saturated rings. The van der Waals surface area contributed by atoms with Crippen molar-refractivity contribution < 1.29 is 13.9 Å². The van der Waals surface area contributed by atoms with Crippen molar-refractivity contribution in [2.45, 2.75) is 26.9 Å². The van der Waals surface area contributed by atoms with Gasteiger partial charge in [-0.2, -0.15) is 5.10 Å². The van der Waals surface area contributed by atoms with Gasteiger partial charge in [0.1, 0.15) is 11.6 Å². The van der Waals surface area contributed by atoms with Gasteiger partial charge in [0.2, 0.25) is 0 Å². The number of halogens is 2. The highest BCUT2D eigenvalue weighted by atomic mass is 35.5. The Morgan fingerprint density at radius 2 is 1.96 bits per heavy atom. The van der Waals surface area contributed by atoms with Crippen LogP contribution in [-0.4, -0.2) is 18.2 Å². The normalized spacial score (nSPS) is 12.2. The molecule has 126 valence electrons. The van der Waals surface area contributed by atoms with Gasteiger partial charge in [-0.3, -0.25) is 4.79 Å². The van der Waals surface area contributed by atoms with Gasteiger partial charge in [0, 0.05) is 5.56 Å². The summed E-state index contributed by atoms with van der Waals surface area (Å²) in [5.74, 6) is -0.353. The van der Waals surface area contributed by atoms with Crippen molar-refractivity contribution in [2.24, 2.45) is 5.10 Å². The van der Waals surface area contributed by atoms with E-state index in [1.165, 1.54) is 18.3 Å². The van der Waals surface area contributed by atoms with Crippen LogP contribution in [0.4, 0.5) is 4.39 Å². The summed E-state index contributed by atoms with van der Waals surface area (Å²) in [7, 11) is 0. The number of amides is 1. The Balaban J connectivity index is 1.98. The minimum absolute atomic E-state index is 0.113. The Kier molecular flexibility index (Phi) is 5.93. The first-order valence-corrected chi connectivity index (χ1v) is 7.76. The zero-order valence-electron chi connectivity index (χ0n) is 13.6. The molecule has 1 atom stereocenters. The fraction of sp³-hybridized carbons (Fsp3) is 0.222. The molecule has 0 aliphatic rings. The number of ether oxygens (including phenoxy) is 1. The highest BCUT2D eigenvalue weighted by Gasteiger charge is 2.14. The molecule has 2 rings (SSSR count). The second kappa shape index (κ2) is 7.93. The van der Waals surface area contributed by atoms with Crippen LogP contribution >= 0.6 is 11.6 Å². The number of rotatable bonds is 5. The van der Waals surface area contributed by atoms with E-state index in [1.54, 1.807) is 13.0 Å². The van der Waals surface area contributed by atoms with Gasteiger partial charge in [-0.1, -0.05) is 23.7 Å². The predicted octanol–water partition coefficient (Wildman–Crippen LogP) is 4.01. The number of aryl methyl sites for hydroxylation is 2. The van der Waals surface area contributed by atoms with Gasteiger partial charge < -0.3 is 4.74 Å². The third kappa shape index (κ3) is 4.80. The molecule has 1 amide bonds. The fourth-order valence-corrected chi connectivity index (χ4v) is 2.36. The molecule has 1 N–H and O–H groups in total. The van der Waals surface area contributed by atoms with Crippen LogP contribution in [-0.2, 0) is 4.79 Å². The lowest BCUT2D eigenvalue weighted by molar-refractivity contribution is -0.127. The van der Waals surface area contributed by atoms with Crippen LogP contribution in [0.25, 0.3) is 0 Å². The molecule has 0 bridgehead atoms. The second-order valence-electron chi connectivity index (χ2n) is 5.45. The molecular weight excluding hydrogens is 331 g/mol. The maximum Gasteiger partial charge on any atom is 0.280 e. The van der Waals surface area contributed by atoms with E-state index in [9.17, 15) is 9.18 Å². The molecule has 4 nitrogen and oxygen atoms in total. The van der Waals surface area contributed by atoms with Crippen LogP contribution in [0.15, 0.2) is 41.5 Å². The SMILES string of the molecule is Cc1cc(C)cc(OC(C)C(=O)N/N=C/c2c(F)cccc2Cl)c1. The zero-order chi connectivity index (χ0) is 17.7. The van der Waals surface area contributed by atoms with E-state index in [-0.39, 0.29) is 10.6 Å². The van der Waals surface area contributed by atoms with Crippen molar-refractivity contribution in [1.82, 2.24) is 5.43 Å². The van der Waals surface area contributed by atoms with Gasteiger partial charge in [0.05, 0.1) is 11.2 Å². The molecule has 2 aromatic carbocycles. The maximum atomic E-state index is 13.6. The lowest BCUT2D eigenvalue weighted by atomic mass is 10.1. The molecule has 0 saturated heterocycles. The van der Waals surface area contributed by atoms with E-state index in [0.717, 1.165) is 11.1 Å². The minimum atomic E-state index is -0.751. The zero-order valence-corrected chi connectivity index (χ0v) is 14.4. The topological polar surface area (TPSA) is 50.7 Å². The van der Waals surface area contributed by atoms with E-state index in [1.807, 2.05) is 32.0 Å². The van der Waals surface area contributed by atoms with Gasteiger partial charge in [-0.15, -0.1) is 0 Å². The number of hydrogen-bond acceptors (Lipinski definition) is 3. The quantitative estimate of drug-likeness (QED) is 0.655. The Morgan fingerprint density at radius 1 is 1.29 bits per heavy atom. The molecule has 0 spiro atoms. The van der Waals surface area contributed by atoms with Crippen LogP contribution in [0.1, 0.15) is 23.6 Å². The van der Waals surface area contributed by atoms with E-state index in [2.05, 4.69) is 10.5 Å². The van der Waals surface area contributed by atoms with Crippen molar-refractivity contribution in [3.8, 4) is 5.75 Å². The molecule has 0 radical (unpaired) electrons. The largest absolute Gasteiger partial charge is 0.481 e. The molecular formula is C18H18ClFN2O2. The number of nitrogens with one attached hydrogen (secondary N) is 1. The molecule has 24 heavy (non-hydrogen) atoms. The molecule has 6 heteroatoms. The third-order valence-corrected chi connectivity index (χ3v) is 3.57. The monoisotopic (exact) mass is 348 g/mol. The molecule has 0 saturated carbocycles. The molecule has 2 aromatic rings. The molecule has 0 heterocycles. The number of carbonyl (C=O) groups is 1. The standard InChI is InChI=1S/C18H18ClFN2O2/c1-11-7-12(2)9-14(8-11)24-13(3)18(23)22-21-10-15-16(19)5-4-6-17(15)20/h4-10,13H,1-3H3,(H,22,23)/b21-10+. The summed E-state index contributed by atoms with van der Waals surface area (Å²) in [5.41, 5.74) is 4.52. The summed E-state index contributed by atoms with van der Waals surface area (Å²) in [6, 6.07) is 10.0. The average Bonchev–Trinajstić information content (AvgIpc) is 2.49. The number of nitrogens with zero attached hydrogens (tertiary/aromatic N) is 1. The van der Waals surface area contributed by atoms with Crippen LogP contribution in [0.2, 0.25) is 5.02 Å². The number of benzene rings is 2. The average molecular weight is 349 g/mol. The summed E-state index contributed by atoms with van der Waals surface area (Å²) in [6.45, 7) is 5.51.